The number of fused-ring (bicyclic) bond motifs is 1. The van der Waals surface area contributed by atoms with Crippen molar-refractivity contribution in [2.24, 2.45) is 0 Å². The first-order valence-corrected chi connectivity index (χ1v) is 11.7. The molecule has 0 bridgehead atoms. The molecule has 0 radical (unpaired) electrons. The number of nitrogens with zero attached hydrogens (tertiary/aromatic N) is 2. The third-order valence-electron chi connectivity index (χ3n) is 5.71. The first-order valence-electron chi connectivity index (χ1n) is 11.7. The Bertz CT molecular complexity index is 903. The van der Waals surface area contributed by atoms with E-state index in [0.717, 1.165) is 6.42 Å². The Hall–Kier alpha value is -2.71. The maximum absolute atomic E-state index is 13.0. The standard InChI is InChI=1S/C22H32F3N5O6/c1-21(2)35-18-13(29-16-11-26-10-15(30-16)22(23,24)25)12-34-14(19(18)36-21)9-28-20(32)27-8-6-4-5-7-17(31)33-3/h10-11,13-14,18-19H,4-9,12H2,1-3H3,(H,29,30)(H2,27,28,32)/t13-,14+,18+,19-/m0/s1. The van der Waals surface area contributed by atoms with Gasteiger partial charge >= 0.3 is 18.2 Å². The van der Waals surface area contributed by atoms with Gasteiger partial charge in [0, 0.05) is 19.5 Å². The molecule has 1 aromatic heterocycles. The summed E-state index contributed by atoms with van der Waals surface area (Å²) < 4.78 is 61.4. The molecule has 0 aliphatic carbocycles. The van der Waals surface area contributed by atoms with Crippen LogP contribution in [0, 0.1) is 0 Å². The summed E-state index contributed by atoms with van der Waals surface area (Å²) in [4.78, 5) is 30.5. The van der Waals surface area contributed by atoms with Gasteiger partial charge in [0.1, 0.15) is 24.1 Å². The van der Waals surface area contributed by atoms with Crippen LogP contribution in [0.15, 0.2) is 12.4 Å². The average molecular weight is 520 g/mol. The Kier molecular flexibility index (Phi) is 9.30. The molecule has 3 N–H and O–H groups in total. The zero-order valence-corrected chi connectivity index (χ0v) is 20.4. The van der Waals surface area contributed by atoms with Crippen molar-refractivity contribution in [2.75, 3.05) is 32.1 Å². The number of carbonyl (C=O) groups is 2. The molecule has 14 heteroatoms. The highest BCUT2D eigenvalue weighted by molar-refractivity contribution is 5.73. The zero-order chi connectivity index (χ0) is 26.3. The number of hydrogen-bond acceptors (Lipinski definition) is 9. The van der Waals surface area contributed by atoms with Crippen LogP contribution in [0.1, 0.15) is 45.2 Å². The topological polar surface area (TPSA) is 133 Å². The molecule has 36 heavy (non-hydrogen) atoms. The maximum atomic E-state index is 13.0. The van der Waals surface area contributed by atoms with Gasteiger partial charge in [0.25, 0.3) is 0 Å². The maximum Gasteiger partial charge on any atom is 0.434 e. The van der Waals surface area contributed by atoms with Crippen LogP contribution in [-0.2, 0) is 29.9 Å². The lowest BCUT2D eigenvalue weighted by Gasteiger charge is -2.37. The van der Waals surface area contributed by atoms with Crippen LogP contribution in [0.3, 0.4) is 0 Å². The minimum atomic E-state index is -4.62. The summed E-state index contributed by atoms with van der Waals surface area (Å²) in [6.07, 6.45) is -1.93. The second-order valence-electron chi connectivity index (χ2n) is 9.00. The van der Waals surface area contributed by atoms with E-state index in [0.29, 0.717) is 32.0 Å². The largest absolute Gasteiger partial charge is 0.469 e. The Morgan fingerprint density at radius 1 is 1.14 bits per heavy atom. The van der Waals surface area contributed by atoms with Crippen LogP contribution in [0.4, 0.5) is 23.8 Å². The van der Waals surface area contributed by atoms with E-state index >= 15 is 0 Å². The predicted octanol–water partition coefficient (Wildman–Crippen LogP) is 2.23. The van der Waals surface area contributed by atoms with Crippen molar-refractivity contribution in [1.82, 2.24) is 20.6 Å². The molecule has 2 aliphatic rings. The normalized spacial score (nSPS) is 25.1. The Labute approximate surface area is 206 Å². The van der Waals surface area contributed by atoms with Gasteiger partial charge in [-0.3, -0.25) is 9.78 Å². The Morgan fingerprint density at radius 3 is 2.61 bits per heavy atom. The zero-order valence-electron chi connectivity index (χ0n) is 20.4. The molecule has 2 fully saturated rings. The lowest BCUT2D eigenvalue weighted by Crippen LogP contribution is -2.57. The second kappa shape index (κ2) is 12.0. The highest BCUT2D eigenvalue weighted by atomic mass is 19.4. The number of carbonyl (C=O) groups excluding carboxylic acids is 2. The molecule has 0 saturated carbocycles. The van der Waals surface area contributed by atoms with E-state index in [4.69, 9.17) is 14.2 Å². The number of unbranched alkanes of at least 4 members (excludes halogenated alkanes) is 2. The number of anilines is 1. The monoisotopic (exact) mass is 519 g/mol. The Balaban J connectivity index is 1.49. The number of ether oxygens (including phenoxy) is 4. The summed E-state index contributed by atoms with van der Waals surface area (Å²) in [6.45, 7) is 4.13. The van der Waals surface area contributed by atoms with E-state index in [-0.39, 0.29) is 31.0 Å². The van der Waals surface area contributed by atoms with Gasteiger partial charge in [0.15, 0.2) is 11.5 Å². The first kappa shape index (κ1) is 27.9. The van der Waals surface area contributed by atoms with E-state index in [1.165, 1.54) is 13.3 Å². The number of rotatable bonds is 10. The summed E-state index contributed by atoms with van der Waals surface area (Å²) in [6, 6.07) is -0.926. The Morgan fingerprint density at radius 2 is 1.89 bits per heavy atom. The van der Waals surface area contributed by atoms with Gasteiger partial charge in [0.2, 0.25) is 0 Å². The van der Waals surface area contributed by atoms with Gasteiger partial charge < -0.3 is 34.9 Å². The molecule has 2 amide bonds. The van der Waals surface area contributed by atoms with Crippen LogP contribution in [0.5, 0.6) is 0 Å². The van der Waals surface area contributed by atoms with E-state index in [1.807, 2.05) is 0 Å². The lowest BCUT2D eigenvalue weighted by molar-refractivity contribution is -0.153. The number of alkyl halides is 3. The number of amides is 2. The number of halogens is 3. The fraction of sp³-hybridized carbons (Fsp3) is 0.727. The molecule has 0 spiro atoms. The fourth-order valence-electron chi connectivity index (χ4n) is 4.02. The van der Waals surface area contributed by atoms with Crippen molar-refractivity contribution in [3.63, 3.8) is 0 Å². The summed E-state index contributed by atoms with van der Waals surface area (Å²) in [5.41, 5.74) is -1.11. The molecule has 202 valence electrons. The highest BCUT2D eigenvalue weighted by Crippen LogP contribution is 2.36. The molecule has 2 aliphatic heterocycles. The second-order valence-corrected chi connectivity index (χ2v) is 9.00. The van der Waals surface area contributed by atoms with Crippen LogP contribution in [-0.4, -0.2) is 78.9 Å². The van der Waals surface area contributed by atoms with Crippen LogP contribution in [0.2, 0.25) is 0 Å². The van der Waals surface area contributed by atoms with Crippen LogP contribution >= 0.6 is 0 Å². The van der Waals surface area contributed by atoms with Gasteiger partial charge in [-0.25, -0.2) is 9.78 Å². The van der Waals surface area contributed by atoms with E-state index in [1.54, 1.807) is 13.8 Å². The minimum Gasteiger partial charge on any atom is -0.469 e. The number of hydrogen-bond donors (Lipinski definition) is 3. The molecule has 0 unspecified atom stereocenters. The number of nitrogens with one attached hydrogen (secondary N) is 3. The summed E-state index contributed by atoms with van der Waals surface area (Å²) >= 11 is 0. The van der Waals surface area contributed by atoms with Crippen molar-refractivity contribution in [3.05, 3.63) is 18.1 Å². The quantitative estimate of drug-likeness (QED) is 0.314. The van der Waals surface area contributed by atoms with Crippen LogP contribution < -0.4 is 16.0 Å². The SMILES string of the molecule is COC(=O)CCCCCNC(=O)NC[C@H]1OC[C@H](Nc2cncc(C(F)(F)F)n2)[C@H]2OC(C)(C)O[C@H]21. The molecule has 2 saturated heterocycles. The van der Waals surface area contributed by atoms with E-state index < -0.39 is 42.0 Å². The van der Waals surface area contributed by atoms with Crippen molar-refractivity contribution in [3.8, 4) is 0 Å². The van der Waals surface area contributed by atoms with E-state index in [9.17, 15) is 22.8 Å². The van der Waals surface area contributed by atoms with E-state index in [2.05, 4.69) is 30.7 Å². The lowest BCUT2D eigenvalue weighted by atomic mass is 9.98. The van der Waals surface area contributed by atoms with Gasteiger partial charge in [0.05, 0.1) is 32.2 Å². The van der Waals surface area contributed by atoms with Crippen molar-refractivity contribution >= 4 is 17.8 Å². The van der Waals surface area contributed by atoms with Gasteiger partial charge in [-0.05, 0) is 26.7 Å². The third-order valence-corrected chi connectivity index (χ3v) is 5.71. The minimum absolute atomic E-state index is 0.0620. The molecule has 3 heterocycles. The van der Waals surface area contributed by atoms with Crippen molar-refractivity contribution < 1.29 is 41.7 Å². The molecule has 11 nitrogen and oxygen atoms in total. The number of esters is 1. The highest BCUT2D eigenvalue weighted by Gasteiger charge is 2.52. The van der Waals surface area contributed by atoms with Gasteiger partial charge in [-0.1, -0.05) is 6.42 Å². The third kappa shape index (κ3) is 7.90. The van der Waals surface area contributed by atoms with Crippen molar-refractivity contribution in [1.29, 1.82) is 0 Å². The predicted molar refractivity (Wildman–Crippen MR) is 120 cm³/mol. The molecular weight excluding hydrogens is 487 g/mol. The smallest absolute Gasteiger partial charge is 0.434 e. The number of urea groups is 1. The molecule has 1 aromatic rings. The fourth-order valence-corrected chi connectivity index (χ4v) is 4.02. The summed E-state index contributed by atoms with van der Waals surface area (Å²) in [5.74, 6) is -1.27. The molecular formula is C22H32F3N5O6. The molecule has 4 atom stereocenters. The number of methoxy groups -OCH3 is 1. The molecule has 3 rings (SSSR count). The number of aromatic nitrogens is 2. The van der Waals surface area contributed by atoms with Gasteiger partial charge in [-0.15, -0.1) is 0 Å². The summed E-state index contributed by atoms with van der Waals surface area (Å²) in [7, 11) is 1.35. The molecule has 0 aromatic carbocycles. The van der Waals surface area contributed by atoms with Crippen molar-refractivity contribution in [2.45, 2.75) is 75.8 Å². The summed E-state index contributed by atoms with van der Waals surface area (Å²) in [5, 5.41) is 8.40. The first-order chi connectivity index (χ1) is 17.0. The van der Waals surface area contributed by atoms with Crippen LogP contribution in [0.25, 0.3) is 0 Å². The average Bonchev–Trinajstić information content (AvgIpc) is 3.15. The van der Waals surface area contributed by atoms with Gasteiger partial charge in [-0.2, -0.15) is 13.2 Å².